The first kappa shape index (κ1) is 15.8. The van der Waals surface area contributed by atoms with Crippen LogP contribution < -0.4 is 4.31 Å². The van der Waals surface area contributed by atoms with Crippen molar-refractivity contribution in [2.45, 2.75) is 11.8 Å². The zero-order valence-corrected chi connectivity index (χ0v) is 13.3. The van der Waals surface area contributed by atoms with Gasteiger partial charge in [0.1, 0.15) is 16.5 Å². The molecule has 0 saturated heterocycles. The van der Waals surface area contributed by atoms with Gasteiger partial charge in [0, 0.05) is 29.5 Å². The van der Waals surface area contributed by atoms with E-state index in [1.807, 2.05) is 0 Å². The summed E-state index contributed by atoms with van der Waals surface area (Å²) >= 11 is 2.91. The molecule has 0 spiro atoms. The zero-order valence-electron chi connectivity index (χ0n) is 10.9. The van der Waals surface area contributed by atoms with E-state index in [4.69, 9.17) is 0 Å². The monoisotopic (exact) mass is 376 g/mol. The van der Waals surface area contributed by atoms with Crippen LogP contribution in [0.2, 0.25) is 0 Å². The molecule has 0 unspecified atom stereocenters. The van der Waals surface area contributed by atoms with E-state index in [1.54, 1.807) is 6.92 Å². The number of benzene rings is 1. The first-order chi connectivity index (χ1) is 9.87. The molecule has 0 N–H and O–H groups in total. The van der Waals surface area contributed by atoms with Crippen molar-refractivity contribution < 1.29 is 17.2 Å². The van der Waals surface area contributed by atoms with Gasteiger partial charge in [-0.1, -0.05) is 0 Å². The highest BCUT2D eigenvalue weighted by Crippen LogP contribution is 2.31. The number of rotatable bonds is 4. The van der Waals surface area contributed by atoms with Gasteiger partial charge in [-0.15, -0.1) is 0 Å². The highest BCUT2D eigenvalue weighted by Gasteiger charge is 2.29. The molecule has 0 saturated carbocycles. The lowest BCUT2D eigenvalue weighted by atomic mass is 10.3. The number of hydrogen-bond donors (Lipinski definition) is 0. The van der Waals surface area contributed by atoms with E-state index in [1.165, 1.54) is 24.5 Å². The summed E-state index contributed by atoms with van der Waals surface area (Å²) in [6.45, 7) is 1.71. The van der Waals surface area contributed by atoms with Crippen LogP contribution in [0, 0.1) is 11.6 Å². The van der Waals surface area contributed by atoms with Crippen LogP contribution >= 0.6 is 15.9 Å². The van der Waals surface area contributed by atoms with Crippen LogP contribution in [-0.2, 0) is 10.0 Å². The van der Waals surface area contributed by atoms with E-state index in [9.17, 15) is 17.2 Å². The lowest BCUT2D eigenvalue weighted by Gasteiger charge is -2.23. The molecule has 0 atom stereocenters. The van der Waals surface area contributed by atoms with Crippen molar-refractivity contribution in [1.82, 2.24) is 4.98 Å². The van der Waals surface area contributed by atoms with Crippen molar-refractivity contribution in [1.29, 1.82) is 0 Å². The van der Waals surface area contributed by atoms with Gasteiger partial charge in [-0.25, -0.2) is 17.2 Å². The zero-order chi connectivity index (χ0) is 15.6. The third kappa shape index (κ3) is 3.06. The predicted octanol–water partition coefficient (Wildman–Crippen LogP) is 3.34. The Kier molecular flexibility index (Phi) is 4.58. The highest BCUT2D eigenvalue weighted by atomic mass is 79.9. The summed E-state index contributed by atoms with van der Waals surface area (Å²) in [5.41, 5.74) is 0.350. The molecule has 0 radical (unpaired) electrons. The SMILES string of the molecule is CCN(c1ccncc1)S(=O)(=O)c1c(F)cc(F)cc1Br. The van der Waals surface area contributed by atoms with Crippen LogP contribution in [0.5, 0.6) is 0 Å². The number of hydrogen-bond acceptors (Lipinski definition) is 3. The first-order valence-electron chi connectivity index (χ1n) is 5.95. The fourth-order valence-electron chi connectivity index (χ4n) is 1.89. The summed E-state index contributed by atoms with van der Waals surface area (Å²) in [5.74, 6) is -2.00. The Balaban J connectivity index is 2.61. The van der Waals surface area contributed by atoms with E-state index in [-0.39, 0.29) is 11.0 Å². The third-order valence-corrected chi connectivity index (χ3v) is 5.62. The van der Waals surface area contributed by atoms with Gasteiger partial charge in [-0.3, -0.25) is 9.29 Å². The van der Waals surface area contributed by atoms with Crippen LogP contribution in [0.4, 0.5) is 14.5 Å². The molecule has 0 amide bonds. The van der Waals surface area contributed by atoms with Crippen LogP contribution in [-0.4, -0.2) is 19.9 Å². The van der Waals surface area contributed by atoms with Gasteiger partial charge >= 0.3 is 0 Å². The summed E-state index contributed by atoms with van der Waals surface area (Å²) in [6, 6.07) is 4.45. The summed E-state index contributed by atoms with van der Waals surface area (Å²) in [4.78, 5) is 3.21. The Morgan fingerprint density at radius 3 is 2.38 bits per heavy atom. The molecule has 2 rings (SSSR count). The standard InChI is InChI=1S/C13H11BrF2N2O2S/c1-2-18(10-3-5-17-6-4-10)21(19,20)13-11(14)7-9(15)8-12(13)16/h3-8H,2H2,1H3. The van der Waals surface area contributed by atoms with Crippen molar-refractivity contribution in [2.24, 2.45) is 0 Å². The molecule has 0 aliphatic heterocycles. The maximum absolute atomic E-state index is 13.9. The maximum atomic E-state index is 13.9. The van der Waals surface area contributed by atoms with Gasteiger partial charge in [0.2, 0.25) is 0 Å². The fourth-order valence-corrected chi connectivity index (χ4v) is 4.48. The lowest BCUT2D eigenvalue weighted by Crippen LogP contribution is -2.31. The molecule has 1 aromatic heterocycles. The van der Waals surface area contributed by atoms with Crippen LogP contribution in [0.1, 0.15) is 6.92 Å². The minimum Gasteiger partial charge on any atom is -0.266 e. The Morgan fingerprint density at radius 2 is 1.86 bits per heavy atom. The first-order valence-corrected chi connectivity index (χ1v) is 8.18. The minimum absolute atomic E-state index is 0.0929. The molecular formula is C13H11BrF2N2O2S. The van der Waals surface area contributed by atoms with Crippen LogP contribution in [0.25, 0.3) is 0 Å². The molecule has 8 heteroatoms. The van der Waals surface area contributed by atoms with Crippen LogP contribution in [0.15, 0.2) is 46.0 Å². The summed E-state index contributed by atoms with van der Waals surface area (Å²) in [7, 11) is -4.17. The summed E-state index contributed by atoms with van der Waals surface area (Å²) < 4.78 is 53.2. The molecular weight excluding hydrogens is 366 g/mol. The largest absolute Gasteiger partial charge is 0.268 e. The second kappa shape index (κ2) is 6.07. The van der Waals surface area contributed by atoms with Crippen molar-refractivity contribution in [3.8, 4) is 0 Å². The van der Waals surface area contributed by atoms with Crippen molar-refractivity contribution in [2.75, 3.05) is 10.8 Å². The molecule has 112 valence electrons. The molecule has 0 bridgehead atoms. The maximum Gasteiger partial charge on any atom is 0.268 e. The minimum atomic E-state index is -4.17. The third-order valence-electron chi connectivity index (χ3n) is 2.75. The number of pyridine rings is 1. The molecule has 0 fully saturated rings. The van der Waals surface area contributed by atoms with Gasteiger partial charge in [-0.05, 0) is 41.1 Å². The molecule has 0 aliphatic rings. The van der Waals surface area contributed by atoms with Gasteiger partial charge in [0.05, 0.1) is 5.69 Å². The average Bonchev–Trinajstić information content (AvgIpc) is 2.38. The molecule has 2 aromatic rings. The summed E-state index contributed by atoms with van der Waals surface area (Å²) in [6.07, 6.45) is 2.87. The van der Waals surface area contributed by atoms with E-state index in [0.29, 0.717) is 11.8 Å². The van der Waals surface area contributed by atoms with Gasteiger partial charge in [0.15, 0.2) is 0 Å². The number of halogens is 3. The second-order valence-corrected chi connectivity index (χ2v) is 6.73. The number of sulfonamides is 1. The quantitative estimate of drug-likeness (QED) is 0.821. The van der Waals surface area contributed by atoms with Gasteiger partial charge in [-0.2, -0.15) is 0 Å². The number of nitrogens with zero attached hydrogens (tertiary/aromatic N) is 2. The van der Waals surface area contributed by atoms with Crippen molar-refractivity contribution in [3.63, 3.8) is 0 Å². The molecule has 1 heterocycles. The smallest absolute Gasteiger partial charge is 0.266 e. The Hall–Kier alpha value is -1.54. The van der Waals surface area contributed by atoms with Crippen molar-refractivity contribution >= 4 is 31.6 Å². The Bertz CT molecular complexity index is 731. The predicted molar refractivity (Wildman–Crippen MR) is 78.5 cm³/mol. The number of aromatic nitrogens is 1. The lowest BCUT2D eigenvalue weighted by molar-refractivity contribution is 0.545. The van der Waals surface area contributed by atoms with Crippen LogP contribution in [0.3, 0.4) is 0 Å². The van der Waals surface area contributed by atoms with E-state index >= 15 is 0 Å². The topological polar surface area (TPSA) is 50.3 Å². The summed E-state index contributed by atoms with van der Waals surface area (Å²) in [5, 5.41) is 0. The second-order valence-electron chi connectivity index (χ2n) is 4.07. The molecule has 0 aliphatic carbocycles. The van der Waals surface area contributed by atoms with E-state index < -0.39 is 26.6 Å². The molecule has 4 nitrogen and oxygen atoms in total. The van der Waals surface area contributed by atoms with Gasteiger partial charge < -0.3 is 0 Å². The normalized spacial score (nSPS) is 11.4. The Labute approximate surface area is 129 Å². The fraction of sp³-hybridized carbons (Fsp3) is 0.154. The number of anilines is 1. The Morgan fingerprint density at radius 1 is 1.24 bits per heavy atom. The van der Waals surface area contributed by atoms with E-state index in [0.717, 1.165) is 10.4 Å². The van der Waals surface area contributed by atoms with Crippen molar-refractivity contribution in [3.05, 3.63) is 52.8 Å². The molecule has 21 heavy (non-hydrogen) atoms. The van der Waals surface area contributed by atoms with E-state index in [2.05, 4.69) is 20.9 Å². The van der Waals surface area contributed by atoms with Gasteiger partial charge in [0.25, 0.3) is 10.0 Å². The average molecular weight is 377 g/mol. The molecule has 1 aromatic carbocycles. The highest BCUT2D eigenvalue weighted by molar-refractivity contribution is 9.10.